The highest BCUT2D eigenvalue weighted by Crippen LogP contribution is 2.20. The minimum Gasteiger partial charge on any atom is -0.477 e. The molecule has 0 aliphatic carbocycles. The molecule has 0 rings (SSSR count). The van der Waals surface area contributed by atoms with Gasteiger partial charge in [-0.3, -0.25) is 9.59 Å². The molecule has 0 aromatic heterocycles. The van der Waals surface area contributed by atoms with E-state index in [1.54, 1.807) is 0 Å². The number of nitrogens with zero attached hydrogens (tertiary/aromatic N) is 1. The Kier molecular flexibility index (Phi) is 70.3. The first-order valence-corrected chi connectivity index (χ1v) is 39.7. The van der Waals surface area contributed by atoms with Crippen LogP contribution < -0.4 is 0 Å². The molecule has 2 atom stereocenters. The van der Waals surface area contributed by atoms with Crippen molar-refractivity contribution in [3.8, 4) is 0 Å². The molecule has 0 aliphatic rings. The van der Waals surface area contributed by atoms with Gasteiger partial charge in [0, 0.05) is 12.8 Å². The van der Waals surface area contributed by atoms with E-state index in [0.717, 1.165) is 51.4 Å². The van der Waals surface area contributed by atoms with Crippen molar-refractivity contribution in [1.29, 1.82) is 0 Å². The summed E-state index contributed by atoms with van der Waals surface area (Å²) in [6.45, 7) is 4.95. The molecular formula is C81H154NO8+. The molecule has 0 amide bonds. The molecular weight excluding hydrogens is 1110 g/mol. The van der Waals surface area contributed by atoms with Gasteiger partial charge in [-0.05, 0) is 51.4 Å². The van der Waals surface area contributed by atoms with E-state index in [4.69, 9.17) is 18.9 Å². The molecule has 1 N–H and O–H groups in total. The molecule has 2 unspecified atom stereocenters. The number of rotatable bonds is 75. The molecule has 0 fully saturated rings. The Bertz CT molecular complexity index is 1570. The van der Waals surface area contributed by atoms with Crippen LogP contribution in [0.1, 0.15) is 406 Å². The van der Waals surface area contributed by atoms with Crippen LogP contribution in [0.15, 0.2) is 36.5 Å². The van der Waals surface area contributed by atoms with E-state index < -0.39 is 18.4 Å². The topological polar surface area (TPSA) is 108 Å². The van der Waals surface area contributed by atoms with E-state index in [1.165, 1.54) is 327 Å². The van der Waals surface area contributed by atoms with Gasteiger partial charge in [-0.2, -0.15) is 0 Å². The lowest BCUT2D eigenvalue weighted by molar-refractivity contribution is -0.870. The fourth-order valence-corrected chi connectivity index (χ4v) is 12.1. The quantitative estimate of drug-likeness (QED) is 0.0211. The molecule has 9 heteroatoms. The predicted octanol–water partition coefficient (Wildman–Crippen LogP) is 25.1. The van der Waals surface area contributed by atoms with Crippen LogP contribution in [-0.2, 0) is 33.3 Å². The molecule has 0 aromatic rings. The standard InChI is InChI=1S/C81H153NO8/c1-6-8-10-12-14-16-18-20-22-24-26-28-30-32-33-34-35-36-37-38-39-40-41-42-43-44-45-46-47-48-50-52-54-56-58-60-62-64-66-68-70-72-79(84)90-77(76-89-81(80(85)86)87-74-73-82(3,4)5)75-88-78(83)71-69-67-65-63-61-59-57-55-53-51-49-31-29-27-25-23-21-19-17-15-13-11-9-7-2/h18,20,24,26,30,32,77,81H,6-17,19,21-23,25,27-29,31,33-76H2,1-5H3/p+1/b20-18-,26-24-,32-30-. The van der Waals surface area contributed by atoms with Crippen LogP contribution in [0.2, 0.25) is 0 Å². The molecule has 90 heavy (non-hydrogen) atoms. The number of hydrogen-bond acceptors (Lipinski definition) is 7. The lowest BCUT2D eigenvalue weighted by atomic mass is 10.0. The van der Waals surface area contributed by atoms with Gasteiger partial charge < -0.3 is 28.5 Å². The van der Waals surface area contributed by atoms with Gasteiger partial charge in [0.25, 0.3) is 6.29 Å². The minimum atomic E-state index is -1.51. The Hall–Kier alpha value is -2.49. The van der Waals surface area contributed by atoms with Crippen LogP contribution >= 0.6 is 0 Å². The second-order valence-corrected chi connectivity index (χ2v) is 28.4. The van der Waals surface area contributed by atoms with Gasteiger partial charge in [0.1, 0.15) is 13.2 Å². The molecule has 0 radical (unpaired) electrons. The van der Waals surface area contributed by atoms with E-state index >= 15 is 0 Å². The average molecular weight is 1270 g/mol. The zero-order valence-corrected chi connectivity index (χ0v) is 60.8. The number of hydrogen-bond donors (Lipinski definition) is 1. The van der Waals surface area contributed by atoms with Crippen molar-refractivity contribution >= 4 is 17.9 Å². The third kappa shape index (κ3) is 72.9. The predicted molar refractivity (Wildman–Crippen MR) is 387 cm³/mol. The van der Waals surface area contributed by atoms with Crippen molar-refractivity contribution in [2.24, 2.45) is 0 Å². The number of carboxylic acids is 1. The second kappa shape index (κ2) is 72.3. The van der Waals surface area contributed by atoms with E-state index in [-0.39, 0.29) is 38.2 Å². The highest BCUT2D eigenvalue weighted by atomic mass is 16.7. The smallest absolute Gasteiger partial charge is 0.361 e. The van der Waals surface area contributed by atoms with Gasteiger partial charge in [0.05, 0.1) is 34.4 Å². The Morgan fingerprint density at radius 3 is 0.889 bits per heavy atom. The molecule has 0 saturated heterocycles. The number of ether oxygens (including phenoxy) is 4. The minimum absolute atomic E-state index is 0.174. The number of esters is 2. The van der Waals surface area contributed by atoms with Crippen molar-refractivity contribution in [2.45, 2.75) is 418 Å². The van der Waals surface area contributed by atoms with Gasteiger partial charge in [-0.25, -0.2) is 4.79 Å². The molecule has 9 nitrogen and oxygen atoms in total. The maximum atomic E-state index is 13.0. The molecule has 0 aliphatic heterocycles. The maximum absolute atomic E-state index is 13.0. The van der Waals surface area contributed by atoms with Crippen LogP contribution in [0.3, 0.4) is 0 Å². The number of carbonyl (C=O) groups is 3. The molecule has 0 saturated carbocycles. The van der Waals surface area contributed by atoms with Crippen LogP contribution in [0, 0.1) is 0 Å². The summed E-state index contributed by atoms with van der Waals surface area (Å²) < 4.78 is 23.1. The molecule has 0 spiro atoms. The van der Waals surface area contributed by atoms with Crippen LogP contribution in [0.5, 0.6) is 0 Å². The summed E-state index contributed by atoms with van der Waals surface area (Å²) in [6, 6.07) is 0. The van der Waals surface area contributed by atoms with Gasteiger partial charge in [0.2, 0.25) is 0 Å². The first-order valence-electron chi connectivity index (χ1n) is 39.7. The summed E-state index contributed by atoms with van der Waals surface area (Å²) in [4.78, 5) is 37.7. The maximum Gasteiger partial charge on any atom is 0.361 e. The monoisotopic (exact) mass is 1270 g/mol. The summed E-state index contributed by atoms with van der Waals surface area (Å²) >= 11 is 0. The Morgan fingerprint density at radius 2 is 0.600 bits per heavy atom. The zero-order valence-electron chi connectivity index (χ0n) is 60.8. The van der Waals surface area contributed by atoms with Crippen LogP contribution in [-0.4, -0.2) is 87.4 Å². The van der Waals surface area contributed by atoms with Gasteiger partial charge in [-0.1, -0.05) is 378 Å². The Balaban J connectivity index is 3.93. The van der Waals surface area contributed by atoms with Gasteiger partial charge >= 0.3 is 17.9 Å². The van der Waals surface area contributed by atoms with E-state index in [9.17, 15) is 19.5 Å². The first kappa shape index (κ1) is 87.5. The van der Waals surface area contributed by atoms with Crippen molar-refractivity contribution in [3.63, 3.8) is 0 Å². The normalized spacial score (nSPS) is 12.8. The fourth-order valence-electron chi connectivity index (χ4n) is 12.1. The third-order valence-electron chi connectivity index (χ3n) is 18.1. The van der Waals surface area contributed by atoms with Crippen molar-refractivity contribution in [3.05, 3.63) is 36.5 Å². The summed E-state index contributed by atoms with van der Waals surface area (Å²) in [6.07, 6.45) is 90.2. The average Bonchev–Trinajstić information content (AvgIpc) is 3.73. The molecule has 0 heterocycles. The SMILES string of the molecule is CCCCCCC/C=C\C/C=C\C/C=C\CCCCCCCCCCCCCCCCCCCCCCCCCCCCC(=O)OC(COC(=O)CCCCCCCCCCCCCCCCCCCCCCCCCC)COC(OCC[N+](C)(C)C)C(=O)O. The number of carboxylic acid groups (broad SMARTS) is 1. The summed E-state index contributed by atoms with van der Waals surface area (Å²) in [5, 5.41) is 9.76. The lowest BCUT2D eigenvalue weighted by Crippen LogP contribution is -2.40. The zero-order chi connectivity index (χ0) is 65.4. The van der Waals surface area contributed by atoms with Crippen molar-refractivity contribution in [2.75, 3.05) is 47.5 Å². The highest BCUT2D eigenvalue weighted by molar-refractivity contribution is 5.71. The van der Waals surface area contributed by atoms with Crippen LogP contribution in [0.25, 0.3) is 0 Å². The number of unbranched alkanes of at least 4 members (excludes halogenated alkanes) is 54. The largest absolute Gasteiger partial charge is 0.477 e. The highest BCUT2D eigenvalue weighted by Gasteiger charge is 2.25. The van der Waals surface area contributed by atoms with E-state index in [2.05, 4.69) is 50.3 Å². The second-order valence-electron chi connectivity index (χ2n) is 28.4. The molecule has 0 bridgehead atoms. The third-order valence-corrected chi connectivity index (χ3v) is 18.1. The first-order chi connectivity index (χ1) is 44.1. The Labute approximate surface area is 560 Å². The van der Waals surface area contributed by atoms with Gasteiger partial charge in [-0.15, -0.1) is 0 Å². The number of likely N-dealkylation sites (N-methyl/N-ethyl adjacent to an activating group) is 1. The summed E-state index contributed by atoms with van der Waals surface area (Å²) in [7, 11) is 6.00. The van der Waals surface area contributed by atoms with E-state index in [0.29, 0.717) is 17.4 Å². The van der Waals surface area contributed by atoms with E-state index in [1.807, 2.05) is 21.1 Å². The van der Waals surface area contributed by atoms with Crippen molar-refractivity contribution in [1.82, 2.24) is 0 Å². The number of quaternary nitrogens is 1. The molecule has 0 aromatic carbocycles. The van der Waals surface area contributed by atoms with Crippen molar-refractivity contribution < 1.29 is 42.9 Å². The lowest BCUT2D eigenvalue weighted by Gasteiger charge is -2.25. The number of carbonyl (C=O) groups excluding carboxylic acids is 2. The summed E-state index contributed by atoms with van der Waals surface area (Å²) in [5.74, 6) is -1.97. The Morgan fingerprint density at radius 1 is 0.333 bits per heavy atom. The fraction of sp³-hybridized carbons (Fsp3) is 0.889. The number of aliphatic carboxylic acids is 1. The van der Waals surface area contributed by atoms with Gasteiger partial charge in [0.15, 0.2) is 6.10 Å². The number of allylic oxidation sites excluding steroid dienone is 6. The van der Waals surface area contributed by atoms with Crippen LogP contribution in [0.4, 0.5) is 0 Å². The summed E-state index contributed by atoms with van der Waals surface area (Å²) in [5.41, 5.74) is 0. The molecule has 530 valence electrons.